The zero-order valence-corrected chi connectivity index (χ0v) is 10.7. The third-order valence-corrected chi connectivity index (χ3v) is 3.84. The Balaban J connectivity index is 4.24. The lowest BCUT2D eigenvalue weighted by molar-refractivity contribution is -0.140. The SMILES string of the molecule is CCC(C)CS(=O)C[C@H](NC(C)=O)C(=O)O. The average Bonchev–Trinajstić information content (AvgIpc) is 2.15. The van der Waals surface area contributed by atoms with Crippen molar-refractivity contribution < 1.29 is 18.9 Å². The Morgan fingerprint density at radius 2 is 1.94 bits per heavy atom. The minimum Gasteiger partial charge on any atom is -0.480 e. The van der Waals surface area contributed by atoms with Crippen molar-refractivity contribution in [2.75, 3.05) is 11.5 Å². The maximum absolute atomic E-state index is 11.6. The zero-order chi connectivity index (χ0) is 12.7. The second kappa shape index (κ2) is 7.38. The van der Waals surface area contributed by atoms with Crippen LogP contribution < -0.4 is 5.32 Å². The second-order valence-electron chi connectivity index (χ2n) is 3.88. The number of aliphatic carboxylic acids is 1. The molecule has 6 heteroatoms. The molecule has 94 valence electrons. The summed E-state index contributed by atoms with van der Waals surface area (Å²) in [6, 6.07) is -1.05. The van der Waals surface area contributed by atoms with E-state index >= 15 is 0 Å². The molecule has 0 saturated heterocycles. The predicted molar refractivity (Wildman–Crippen MR) is 62.6 cm³/mol. The molecular formula is C10H19NO4S. The van der Waals surface area contributed by atoms with Crippen LogP contribution in [0.25, 0.3) is 0 Å². The van der Waals surface area contributed by atoms with Crippen molar-refractivity contribution in [2.45, 2.75) is 33.2 Å². The highest BCUT2D eigenvalue weighted by molar-refractivity contribution is 7.85. The highest BCUT2D eigenvalue weighted by Gasteiger charge is 2.21. The van der Waals surface area contributed by atoms with Gasteiger partial charge in [-0.3, -0.25) is 9.00 Å². The Bertz CT molecular complexity index is 280. The van der Waals surface area contributed by atoms with Crippen LogP contribution in [0.4, 0.5) is 0 Å². The molecule has 0 aliphatic heterocycles. The van der Waals surface area contributed by atoms with E-state index in [1.54, 1.807) is 0 Å². The lowest BCUT2D eigenvalue weighted by Crippen LogP contribution is -2.43. The van der Waals surface area contributed by atoms with Gasteiger partial charge in [-0.2, -0.15) is 0 Å². The number of hydrogen-bond acceptors (Lipinski definition) is 3. The molecule has 0 spiro atoms. The third kappa shape index (κ3) is 6.55. The van der Waals surface area contributed by atoms with Gasteiger partial charge in [0.2, 0.25) is 5.91 Å². The van der Waals surface area contributed by atoms with Crippen LogP contribution in [0.2, 0.25) is 0 Å². The molecule has 1 amide bonds. The molecule has 0 saturated carbocycles. The summed E-state index contributed by atoms with van der Waals surface area (Å²) in [5, 5.41) is 11.1. The van der Waals surface area contributed by atoms with Crippen molar-refractivity contribution in [3.8, 4) is 0 Å². The number of carbonyl (C=O) groups is 2. The Labute approximate surface area is 98.1 Å². The zero-order valence-electron chi connectivity index (χ0n) is 9.86. The normalized spacial score (nSPS) is 16.2. The summed E-state index contributed by atoms with van der Waals surface area (Å²) >= 11 is 0. The number of carbonyl (C=O) groups excluding carboxylic acids is 1. The fourth-order valence-corrected chi connectivity index (χ4v) is 2.71. The first-order chi connectivity index (χ1) is 7.36. The lowest BCUT2D eigenvalue weighted by Gasteiger charge is -2.14. The molecule has 0 aromatic carbocycles. The number of nitrogens with one attached hydrogen (secondary N) is 1. The van der Waals surface area contributed by atoms with Crippen LogP contribution in [0, 0.1) is 5.92 Å². The minimum atomic E-state index is -1.21. The lowest BCUT2D eigenvalue weighted by atomic mass is 10.2. The summed E-state index contributed by atoms with van der Waals surface area (Å²) in [5.41, 5.74) is 0. The van der Waals surface area contributed by atoms with Crippen molar-refractivity contribution in [3.63, 3.8) is 0 Å². The van der Waals surface area contributed by atoms with E-state index < -0.39 is 28.7 Å². The number of rotatable bonds is 7. The van der Waals surface area contributed by atoms with Gasteiger partial charge in [0.15, 0.2) is 0 Å². The molecule has 0 rings (SSSR count). The van der Waals surface area contributed by atoms with E-state index in [-0.39, 0.29) is 5.75 Å². The number of amides is 1. The summed E-state index contributed by atoms with van der Waals surface area (Å²) in [7, 11) is -1.21. The fraction of sp³-hybridized carbons (Fsp3) is 0.800. The monoisotopic (exact) mass is 249 g/mol. The summed E-state index contributed by atoms with van der Waals surface area (Å²) < 4.78 is 11.6. The quantitative estimate of drug-likeness (QED) is 0.683. The largest absolute Gasteiger partial charge is 0.480 e. The van der Waals surface area contributed by atoms with Gasteiger partial charge >= 0.3 is 5.97 Å². The predicted octanol–water partition coefficient (Wildman–Crippen LogP) is 0.370. The van der Waals surface area contributed by atoms with E-state index in [0.717, 1.165) is 6.42 Å². The van der Waals surface area contributed by atoms with Crippen molar-refractivity contribution in [1.82, 2.24) is 5.32 Å². The molecule has 0 aromatic heterocycles. The maximum atomic E-state index is 11.6. The van der Waals surface area contributed by atoms with Crippen LogP contribution in [-0.2, 0) is 20.4 Å². The molecular weight excluding hydrogens is 230 g/mol. The van der Waals surface area contributed by atoms with E-state index in [9.17, 15) is 13.8 Å². The summed E-state index contributed by atoms with van der Waals surface area (Å²) in [6.07, 6.45) is 0.906. The maximum Gasteiger partial charge on any atom is 0.327 e. The van der Waals surface area contributed by atoms with Crippen molar-refractivity contribution in [1.29, 1.82) is 0 Å². The molecule has 0 heterocycles. The van der Waals surface area contributed by atoms with E-state index in [1.165, 1.54) is 6.92 Å². The van der Waals surface area contributed by atoms with Gasteiger partial charge in [-0.25, -0.2) is 4.79 Å². The summed E-state index contributed by atoms with van der Waals surface area (Å²) in [6.45, 7) is 5.20. The van der Waals surface area contributed by atoms with Crippen LogP contribution in [0.15, 0.2) is 0 Å². The van der Waals surface area contributed by atoms with E-state index in [0.29, 0.717) is 11.7 Å². The molecule has 16 heavy (non-hydrogen) atoms. The molecule has 0 aliphatic rings. The van der Waals surface area contributed by atoms with Crippen molar-refractivity contribution in [2.24, 2.45) is 5.92 Å². The summed E-state index contributed by atoms with van der Waals surface area (Å²) in [5.74, 6) is -0.827. The van der Waals surface area contributed by atoms with Gasteiger partial charge in [-0.1, -0.05) is 20.3 Å². The van der Waals surface area contributed by atoms with Gasteiger partial charge in [0.25, 0.3) is 0 Å². The van der Waals surface area contributed by atoms with Crippen molar-refractivity contribution >= 4 is 22.7 Å². The van der Waals surface area contributed by atoms with Gasteiger partial charge in [-0.15, -0.1) is 0 Å². The molecule has 5 nitrogen and oxygen atoms in total. The Morgan fingerprint density at radius 1 is 1.38 bits per heavy atom. The van der Waals surface area contributed by atoms with Crippen LogP contribution in [-0.4, -0.2) is 38.7 Å². The van der Waals surface area contributed by atoms with E-state index in [4.69, 9.17) is 5.11 Å². The molecule has 0 radical (unpaired) electrons. The minimum absolute atomic E-state index is 0.0285. The molecule has 0 aromatic rings. The Kier molecular flexibility index (Phi) is 6.96. The summed E-state index contributed by atoms with van der Waals surface area (Å²) in [4.78, 5) is 21.5. The van der Waals surface area contributed by atoms with Crippen LogP contribution >= 0.6 is 0 Å². The Morgan fingerprint density at radius 3 is 2.31 bits per heavy atom. The van der Waals surface area contributed by atoms with Gasteiger partial charge in [-0.05, 0) is 5.92 Å². The number of carboxylic acids is 1. The highest BCUT2D eigenvalue weighted by Crippen LogP contribution is 2.04. The Hall–Kier alpha value is -0.910. The standard InChI is InChI=1S/C10H19NO4S/c1-4-7(2)5-16(15)6-9(10(13)14)11-8(3)12/h7,9H,4-6H2,1-3H3,(H,11,12)(H,13,14)/t7?,9-,16?/m0/s1. The highest BCUT2D eigenvalue weighted by atomic mass is 32.2. The first-order valence-electron chi connectivity index (χ1n) is 5.21. The topological polar surface area (TPSA) is 83.5 Å². The first-order valence-corrected chi connectivity index (χ1v) is 6.70. The molecule has 0 fully saturated rings. The third-order valence-electron chi connectivity index (χ3n) is 2.20. The van der Waals surface area contributed by atoms with Gasteiger partial charge in [0.05, 0.1) is 5.75 Å². The smallest absolute Gasteiger partial charge is 0.327 e. The first kappa shape index (κ1) is 15.1. The molecule has 2 unspecified atom stereocenters. The van der Waals surface area contributed by atoms with Crippen LogP contribution in [0.1, 0.15) is 27.2 Å². The van der Waals surface area contributed by atoms with E-state index in [1.807, 2.05) is 13.8 Å². The van der Waals surface area contributed by atoms with Gasteiger partial charge in [0, 0.05) is 23.5 Å². The number of carboxylic acid groups (broad SMARTS) is 1. The molecule has 0 bridgehead atoms. The van der Waals surface area contributed by atoms with E-state index in [2.05, 4.69) is 5.32 Å². The molecule has 0 aliphatic carbocycles. The second-order valence-corrected chi connectivity index (χ2v) is 5.42. The van der Waals surface area contributed by atoms with Gasteiger partial charge in [0.1, 0.15) is 6.04 Å². The molecule has 3 atom stereocenters. The van der Waals surface area contributed by atoms with Crippen LogP contribution in [0.3, 0.4) is 0 Å². The fourth-order valence-electron chi connectivity index (χ4n) is 1.11. The van der Waals surface area contributed by atoms with Crippen molar-refractivity contribution in [3.05, 3.63) is 0 Å². The average molecular weight is 249 g/mol. The number of hydrogen-bond donors (Lipinski definition) is 2. The molecule has 2 N–H and O–H groups in total. The van der Waals surface area contributed by atoms with Gasteiger partial charge < -0.3 is 10.4 Å². The van der Waals surface area contributed by atoms with Crippen LogP contribution in [0.5, 0.6) is 0 Å².